The van der Waals surface area contributed by atoms with Crippen molar-refractivity contribution in [3.63, 3.8) is 0 Å². The maximum absolute atomic E-state index is 3.38. The molecule has 1 rings (SSSR count). The molecule has 0 heterocycles. The summed E-state index contributed by atoms with van der Waals surface area (Å²) in [5.74, 6) is 0. The second-order valence-electron chi connectivity index (χ2n) is 4.14. The highest BCUT2D eigenvalue weighted by Gasteiger charge is 2.07. The Morgan fingerprint density at radius 3 is 2.31 bits per heavy atom. The van der Waals surface area contributed by atoms with Crippen molar-refractivity contribution in [2.45, 2.75) is 32.7 Å². The van der Waals surface area contributed by atoms with E-state index < -0.39 is 0 Å². The van der Waals surface area contributed by atoms with Crippen molar-refractivity contribution in [1.29, 1.82) is 0 Å². The van der Waals surface area contributed by atoms with Gasteiger partial charge in [-0.15, -0.1) is 0 Å². The van der Waals surface area contributed by atoms with Crippen molar-refractivity contribution in [3.8, 4) is 0 Å². The number of likely N-dealkylation sites (N-methyl/N-ethyl adjacent to an activating group) is 2. The fraction of sp³-hybridized carbons (Fsp3) is 0.571. The summed E-state index contributed by atoms with van der Waals surface area (Å²) in [6.45, 7) is 6.36. The Hall–Kier alpha value is -0.860. The molecular formula is C14H24N2. The Morgan fingerprint density at radius 2 is 1.81 bits per heavy atom. The number of aryl methyl sites for hydroxylation is 1. The van der Waals surface area contributed by atoms with Crippen molar-refractivity contribution in [3.05, 3.63) is 35.4 Å². The first-order valence-corrected chi connectivity index (χ1v) is 6.28. The van der Waals surface area contributed by atoms with Gasteiger partial charge in [0.05, 0.1) is 0 Å². The van der Waals surface area contributed by atoms with Crippen molar-refractivity contribution in [1.82, 2.24) is 10.6 Å². The molecule has 0 saturated heterocycles. The van der Waals surface area contributed by atoms with Crippen LogP contribution in [-0.2, 0) is 6.42 Å². The van der Waals surface area contributed by atoms with Crippen LogP contribution in [0.25, 0.3) is 0 Å². The van der Waals surface area contributed by atoms with Crippen molar-refractivity contribution in [2.75, 3.05) is 20.1 Å². The zero-order chi connectivity index (χ0) is 11.8. The van der Waals surface area contributed by atoms with Crippen LogP contribution in [-0.4, -0.2) is 20.1 Å². The van der Waals surface area contributed by atoms with Gasteiger partial charge in [0, 0.05) is 12.6 Å². The van der Waals surface area contributed by atoms with Crippen molar-refractivity contribution in [2.24, 2.45) is 0 Å². The average Bonchev–Trinajstić information content (AvgIpc) is 2.32. The maximum Gasteiger partial charge on any atom is 0.0444 e. The molecule has 1 aromatic rings. The van der Waals surface area contributed by atoms with Gasteiger partial charge in [-0.25, -0.2) is 0 Å². The summed E-state index contributed by atoms with van der Waals surface area (Å²) < 4.78 is 0. The molecule has 0 radical (unpaired) electrons. The molecule has 2 nitrogen and oxygen atoms in total. The van der Waals surface area contributed by atoms with Crippen LogP contribution in [0.4, 0.5) is 0 Å². The van der Waals surface area contributed by atoms with Gasteiger partial charge < -0.3 is 10.6 Å². The van der Waals surface area contributed by atoms with E-state index in [1.54, 1.807) is 0 Å². The Balaban J connectivity index is 2.62. The summed E-state index contributed by atoms with van der Waals surface area (Å²) in [7, 11) is 2.02. The van der Waals surface area contributed by atoms with E-state index in [2.05, 4.69) is 48.7 Å². The zero-order valence-corrected chi connectivity index (χ0v) is 10.7. The maximum atomic E-state index is 3.38. The summed E-state index contributed by atoms with van der Waals surface area (Å²) in [6, 6.07) is 9.38. The van der Waals surface area contributed by atoms with Gasteiger partial charge in [-0.3, -0.25) is 0 Å². The largest absolute Gasteiger partial charge is 0.315 e. The highest BCUT2D eigenvalue weighted by atomic mass is 15.0. The van der Waals surface area contributed by atoms with E-state index in [-0.39, 0.29) is 0 Å². The first kappa shape index (κ1) is 13.2. The number of rotatable bonds is 7. The predicted octanol–water partition coefficient (Wildman–Crippen LogP) is 2.51. The molecule has 1 atom stereocenters. The second kappa shape index (κ2) is 7.42. The van der Waals surface area contributed by atoms with Crippen LogP contribution in [0.5, 0.6) is 0 Å². The molecular weight excluding hydrogens is 196 g/mol. The molecule has 2 N–H and O–H groups in total. The van der Waals surface area contributed by atoms with Crippen LogP contribution in [0.2, 0.25) is 0 Å². The van der Waals surface area contributed by atoms with E-state index in [9.17, 15) is 0 Å². The van der Waals surface area contributed by atoms with Gasteiger partial charge in [0.25, 0.3) is 0 Å². The molecule has 0 saturated carbocycles. The molecule has 0 aliphatic carbocycles. The fourth-order valence-electron chi connectivity index (χ4n) is 1.88. The molecule has 0 spiro atoms. The van der Waals surface area contributed by atoms with Crippen molar-refractivity contribution >= 4 is 0 Å². The molecule has 90 valence electrons. The second-order valence-corrected chi connectivity index (χ2v) is 4.14. The fourth-order valence-corrected chi connectivity index (χ4v) is 1.88. The lowest BCUT2D eigenvalue weighted by atomic mass is 10.0. The molecule has 0 fully saturated rings. The first-order valence-electron chi connectivity index (χ1n) is 6.28. The third-order valence-corrected chi connectivity index (χ3v) is 2.87. The van der Waals surface area contributed by atoms with Gasteiger partial charge in [0.15, 0.2) is 0 Å². The van der Waals surface area contributed by atoms with E-state index in [0.29, 0.717) is 6.04 Å². The van der Waals surface area contributed by atoms with Crippen LogP contribution in [0.15, 0.2) is 24.3 Å². The highest BCUT2D eigenvalue weighted by molar-refractivity contribution is 5.25. The Labute approximate surface area is 99.5 Å². The lowest BCUT2D eigenvalue weighted by Crippen LogP contribution is -2.29. The quantitative estimate of drug-likeness (QED) is 0.738. The van der Waals surface area contributed by atoms with E-state index in [1.807, 2.05) is 7.05 Å². The third kappa shape index (κ3) is 3.95. The molecule has 0 aliphatic heterocycles. The number of nitrogens with one attached hydrogen (secondary N) is 2. The molecule has 16 heavy (non-hydrogen) atoms. The summed E-state index contributed by atoms with van der Waals surface area (Å²) in [4.78, 5) is 0. The van der Waals surface area contributed by atoms with Crippen LogP contribution < -0.4 is 10.6 Å². The van der Waals surface area contributed by atoms with E-state index in [4.69, 9.17) is 0 Å². The number of hydrogen-bond donors (Lipinski definition) is 2. The molecule has 0 aromatic heterocycles. The zero-order valence-electron chi connectivity index (χ0n) is 10.7. The highest BCUT2D eigenvalue weighted by Crippen LogP contribution is 2.13. The summed E-state index contributed by atoms with van der Waals surface area (Å²) in [6.07, 6.45) is 2.39. The molecule has 1 aromatic carbocycles. The lowest BCUT2D eigenvalue weighted by molar-refractivity contribution is 0.538. The van der Waals surface area contributed by atoms with E-state index >= 15 is 0 Å². The Bertz CT molecular complexity index is 279. The standard InChI is InChI=1S/C14H24N2/c1-4-6-12-7-9-13(10-8-12)14(15-3)11-16-5-2/h7-10,14-16H,4-6,11H2,1-3H3. The van der Waals surface area contributed by atoms with Gasteiger partial charge in [-0.1, -0.05) is 44.5 Å². The minimum atomic E-state index is 0.413. The van der Waals surface area contributed by atoms with Crippen LogP contribution >= 0.6 is 0 Å². The number of benzene rings is 1. The van der Waals surface area contributed by atoms with Crippen LogP contribution in [0, 0.1) is 0 Å². The van der Waals surface area contributed by atoms with Gasteiger partial charge in [0.1, 0.15) is 0 Å². The number of hydrogen-bond acceptors (Lipinski definition) is 2. The summed E-state index contributed by atoms with van der Waals surface area (Å²) >= 11 is 0. The molecule has 1 unspecified atom stereocenters. The average molecular weight is 220 g/mol. The van der Waals surface area contributed by atoms with Gasteiger partial charge in [0.2, 0.25) is 0 Å². The topological polar surface area (TPSA) is 24.1 Å². The Kier molecular flexibility index (Phi) is 6.12. The summed E-state index contributed by atoms with van der Waals surface area (Å²) in [5, 5.41) is 6.72. The lowest BCUT2D eigenvalue weighted by Gasteiger charge is -2.17. The van der Waals surface area contributed by atoms with Gasteiger partial charge in [-0.05, 0) is 31.1 Å². The van der Waals surface area contributed by atoms with Gasteiger partial charge in [-0.2, -0.15) is 0 Å². The summed E-state index contributed by atoms with van der Waals surface area (Å²) in [5.41, 5.74) is 2.80. The monoisotopic (exact) mass is 220 g/mol. The SMILES string of the molecule is CCCc1ccc(C(CNCC)NC)cc1. The molecule has 0 amide bonds. The normalized spacial score (nSPS) is 12.7. The van der Waals surface area contributed by atoms with Crippen LogP contribution in [0.3, 0.4) is 0 Å². The van der Waals surface area contributed by atoms with E-state index in [1.165, 1.54) is 24.0 Å². The van der Waals surface area contributed by atoms with Gasteiger partial charge >= 0.3 is 0 Å². The smallest absolute Gasteiger partial charge is 0.0444 e. The molecule has 2 heteroatoms. The first-order chi connectivity index (χ1) is 7.81. The van der Waals surface area contributed by atoms with Crippen LogP contribution in [0.1, 0.15) is 37.4 Å². The van der Waals surface area contributed by atoms with Crippen molar-refractivity contribution < 1.29 is 0 Å². The van der Waals surface area contributed by atoms with E-state index in [0.717, 1.165) is 13.1 Å². The molecule has 0 aliphatic rings. The third-order valence-electron chi connectivity index (χ3n) is 2.87. The minimum Gasteiger partial charge on any atom is -0.315 e. The minimum absolute atomic E-state index is 0.413. The Morgan fingerprint density at radius 1 is 1.12 bits per heavy atom. The molecule has 0 bridgehead atoms. The predicted molar refractivity (Wildman–Crippen MR) is 70.8 cm³/mol.